The van der Waals surface area contributed by atoms with Crippen LogP contribution in [0.25, 0.3) is 0 Å². The van der Waals surface area contributed by atoms with Crippen LogP contribution in [0.5, 0.6) is 0 Å². The molecule has 1 aromatic carbocycles. The highest BCUT2D eigenvalue weighted by Gasteiger charge is 2.19. The normalized spacial score (nSPS) is 11.3. The van der Waals surface area contributed by atoms with Crippen molar-refractivity contribution in [3.8, 4) is 0 Å². The van der Waals surface area contributed by atoms with Gasteiger partial charge in [0.2, 0.25) is 0 Å². The number of hydrogen-bond donors (Lipinski definition) is 0. The van der Waals surface area contributed by atoms with Crippen molar-refractivity contribution in [3.05, 3.63) is 29.6 Å². The molecule has 0 saturated heterocycles. The molecule has 0 atom stereocenters. The Kier molecular flexibility index (Phi) is 4.70. The Morgan fingerprint density at radius 1 is 1.33 bits per heavy atom. The number of hydrogen-bond acceptors (Lipinski definition) is 3. The Bertz CT molecular complexity index is 555. The van der Waals surface area contributed by atoms with Gasteiger partial charge in [-0.2, -0.15) is 0 Å². The third-order valence-corrected chi connectivity index (χ3v) is 3.85. The van der Waals surface area contributed by atoms with E-state index in [-0.39, 0.29) is 10.5 Å². The molecule has 0 N–H and O–H groups in total. The molecule has 0 radical (unpaired) electrons. The summed E-state index contributed by atoms with van der Waals surface area (Å²) in [4.78, 5) is 13.0. The van der Waals surface area contributed by atoms with Crippen LogP contribution in [0.3, 0.4) is 0 Å². The zero-order chi connectivity index (χ0) is 13.9. The summed E-state index contributed by atoms with van der Waals surface area (Å²) in [6.07, 6.45) is 0. The van der Waals surface area contributed by atoms with E-state index >= 15 is 0 Å². The van der Waals surface area contributed by atoms with Crippen molar-refractivity contribution in [2.24, 2.45) is 0 Å². The van der Waals surface area contributed by atoms with Crippen LogP contribution in [0.1, 0.15) is 24.2 Å². The van der Waals surface area contributed by atoms with E-state index in [0.717, 1.165) is 18.2 Å². The number of carbonyl (C=O) groups excluding carboxylic acids is 1. The largest absolute Gasteiger partial charge is 0.339 e. The molecule has 4 nitrogen and oxygen atoms in total. The van der Waals surface area contributed by atoms with Crippen LogP contribution in [0.2, 0.25) is 0 Å². The molecule has 0 unspecified atom stereocenters. The van der Waals surface area contributed by atoms with Gasteiger partial charge in [0, 0.05) is 23.8 Å². The first-order chi connectivity index (χ1) is 8.31. The molecule has 18 heavy (non-hydrogen) atoms. The number of amides is 1. The predicted octanol–water partition coefficient (Wildman–Crippen LogP) is 2.24. The molecular weight excluding hydrogens is 281 g/mol. The summed E-state index contributed by atoms with van der Waals surface area (Å²) in [6, 6.07) is 2.99. The van der Waals surface area contributed by atoms with Crippen LogP contribution in [0, 0.1) is 5.82 Å². The minimum atomic E-state index is -3.99. The Hall–Kier alpha value is -1.14. The van der Waals surface area contributed by atoms with Crippen molar-refractivity contribution < 1.29 is 17.6 Å². The van der Waals surface area contributed by atoms with Gasteiger partial charge in [-0.3, -0.25) is 4.79 Å². The van der Waals surface area contributed by atoms with Crippen molar-refractivity contribution >= 4 is 25.6 Å². The number of halogens is 2. The van der Waals surface area contributed by atoms with Gasteiger partial charge in [0.1, 0.15) is 5.82 Å². The van der Waals surface area contributed by atoms with E-state index in [4.69, 9.17) is 10.7 Å². The molecule has 0 aliphatic rings. The highest BCUT2D eigenvalue weighted by atomic mass is 35.7. The van der Waals surface area contributed by atoms with Crippen LogP contribution in [0.15, 0.2) is 23.1 Å². The molecule has 0 fully saturated rings. The lowest BCUT2D eigenvalue weighted by Gasteiger charge is -2.18. The van der Waals surface area contributed by atoms with Crippen LogP contribution >= 0.6 is 10.7 Å². The molecular formula is C11H13ClFNO3S. The standard InChI is InChI=1S/C11H13ClFNO3S/c1-3-14(4-2)11(15)9-6-5-8(7-10(9)13)18(12,16)17/h5-7H,3-4H2,1-2H3. The van der Waals surface area contributed by atoms with E-state index in [1.807, 2.05) is 0 Å². The van der Waals surface area contributed by atoms with Gasteiger partial charge in [-0.05, 0) is 32.0 Å². The molecule has 1 rings (SSSR count). The third kappa shape index (κ3) is 3.20. The number of benzene rings is 1. The van der Waals surface area contributed by atoms with Gasteiger partial charge in [0.15, 0.2) is 0 Å². The number of carbonyl (C=O) groups is 1. The first-order valence-corrected chi connectivity index (χ1v) is 7.65. The van der Waals surface area contributed by atoms with E-state index in [2.05, 4.69) is 0 Å². The number of nitrogens with zero attached hydrogens (tertiary/aromatic N) is 1. The predicted molar refractivity (Wildman–Crippen MR) is 66.7 cm³/mol. The minimum Gasteiger partial charge on any atom is -0.339 e. The Morgan fingerprint density at radius 2 is 1.89 bits per heavy atom. The lowest BCUT2D eigenvalue weighted by molar-refractivity contribution is 0.0768. The zero-order valence-corrected chi connectivity index (χ0v) is 11.6. The molecule has 0 aliphatic heterocycles. The minimum absolute atomic E-state index is 0.164. The molecule has 0 saturated carbocycles. The molecule has 1 aromatic rings. The quantitative estimate of drug-likeness (QED) is 0.800. The molecule has 7 heteroatoms. The topological polar surface area (TPSA) is 54.5 Å². The highest BCUT2D eigenvalue weighted by Crippen LogP contribution is 2.19. The van der Waals surface area contributed by atoms with Crippen molar-refractivity contribution in [3.63, 3.8) is 0 Å². The summed E-state index contributed by atoms with van der Waals surface area (Å²) < 4.78 is 35.7. The second-order valence-electron chi connectivity index (χ2n) is 3.56. The summed E-state index contributed by atoms with van der Waals surface area (Å²) in [5.41, 5.74) is -0.164. The molecule has 0 spiro atoms. The van der Waals surface area contributed by atoms with Gasteiger partial charge in [0.25, 0.3) is 15.0 Å². The van der Waals surface area contributed by atoms with Gasteiger partial charge in [0.05, 0.1) is 10.5 Å². The lowest BCUT2D eigenvalue weighted by atomic mass is 10.2. The van der Waals surface area contributed by atoms with E-state index < -0.39 is 20.8 Å². The fourth-order valence-corrected chi connectivity index (χ4v) is 2.26. The zero-order valence-electron chi connectivity index (χ0n) is 9.98. The van der Waals surface area contributed by atoms with E-state index in [0.29, 0.717) is 13.1 Å². The number of rotatable bonds is 4. The van der Waals surface area contributed by atoms with Crippen LogP contribution < -0.4 is 0 Å². The SMILES string of the molecule is CCN(CC)C(=O)c1ccc(S(=O)(=O)Cl)cc1F. The van der Waals surface area contributed by atoms with Gasteiger partial charge in [-0.25, -0.2) is 12.8 Å². The third-order valence-electron chi connectivity index (χ3n) is 2.50. The van der Waals surface area contributed by atoms with Gasteiger partial charge in [-0.1, -0.05) is 0 Å². The molecule has 0 aromatic heterocycles. The van der Waals surface area contributed by atoms with Gasteiger partial charge in [-0.15, -0.1) is 0 Å². The second kappa shape index (κ2) is 5.67. The van der Waals surface area contributed by atoms with Gasteiger partial charge >= 0.3 is 0 Å². The summed E-state index contributed by atoms with van der Waals surface area (Å²) in [5, 5.41) is 0. The van der Waals surface area contributed by atoms with Crippen molar-refractivity contribution in [2.75, 3.05) is 13.1 Å². The summed E-state index contributed by atoms with van der Waals surface area (Å²) in [6.45, 7) is 4.45. The van der Waals surface area contributed by atoms with Crippen molar-refractivity contribution in [2.45, 2.75) is 18.7 Å². The average Bonchev–Trinajstić information content (AvgIpc) is 2.29. The molecule has 100 valence electrons. The maximum atomic E-state index is 13.7. The van der Waals surface area contributed by atoms with Crippen LogP contribution in [-0.4, -0.2) is 32.3 Å². The fraction of sp³-hybridized carbons (Fsp3) is 0.364. The first-order valence-electron chi connectivity index (χ1n) is 5.34. The fourth-order valence-electron chi connectivity index (χ4n) is 1.50. The van der Waals surface area contributed by atoms with Crippen LogP contribution in [-0.2, 0) is 9.05 Å². The molecule has 0 heterocycles. The van der Waals surface area contributed by atoms with Gasteiger partial charge < -0.3 is 4.90 Å². The van der Waals surface area contributed by atoms with E-state index in [1.54, 1.807) is 13.8 Å². The summed E-state index contributed by atoms with van der Waals surface area (Å²) in [5.74, 6) is -1.37. The second-order valence-corrected chi connectivity index (χ2v) is 6.12. The van der Waals surface area contributed by atoms with Crippen molar-refractivity contribution in [1.82, 2.24) is 4.90 Å². The summed E-state index contributed by atoms with van der Waals surface area (Å²) in [7, 11) is 1.10. The first kappa shape index (κ1) is 14.9. The smallest absolute Gasteiger partial charge is 0.261 e. The molecule has 1 amide bonds. The van der Waals surface area contributed by atoms with E-state index in [9.17, 15) is 17.6 Å². The Balaban J connectivity index is 3.18. The molecule has 0 bridgehead atoms. The lowest BCUT2D eigenvalue weighted by Crippen LogP contribution is -2.31. The monoisotopic (exact) mass is 293 g/mol. The van der Waals surface area contributed by atoms with E-state index in [1.165, 1.54) is 4.90 Å². The average molecular weight is 294 g/mol. The Labute approximate surface area is 110 Å². The maximum Gasteiger partial charge on any atom is 0.261 e. The Morgan fingerprint density at radius 3 is 2.28 bits per heavy atom. The maximum absolute atomic E-state index is 13.7. The molecule has 0 aliphatic carbocycles. The van der Waals surface area contributed by atoms with Crippen LogP contribution in [0.4, 0.5) is 4.39 Å². The highest BCUT2D eigenvalue weighted by molar-refractivity contribution is 8.13. The van der Waals surface area contributed by atoms with Crippen molar-refractivity contribution in [1.29, 1.82) is 0 Å². The summed E-state index contributed by atoms with van der Waals surface area (Å²) >= 11 is 0.